The second-order valence-corrected chi connectivity index (χ2v) is 6.73. The average Bonchev–Trinajstić information content (AvgIpc) is 3.01. The van der Waals surface area contributed by atoms with Crippen LogP contribution in [0.4, 0.5) is 24.7 Å². The number of aryl methyl sites for hydroxylation is 1. The quantitative estimate of drug-likeness (QED) is 0.541. The number of nitrogens with zero attached hydrogens (tertiary/aromatic N) is 3. The van der Waals surface area contributed by atoms with Crippen LogP contribution in [0.5, 0.6) is 5.75 Å². The van der Waals surface area contributed by atoms with Crippen molar-refractivity contribution in [3.05, 3.63) is 40.7 Å². The van der Waals surface area contributed by atoms with Gasteiger partial charge in [-0.25, -0.2) is 4.98 Å². The molecule has 2 heterocycles. The summed E-state index contributed by atoms with van der Waals surface area (Å²) in [6.45, 7) is -2.77. The Balaban J connectivity index is 2.18. The Morgan fingerprint density at radius 2 is 2.10 bits per heavy atom. The largest absolute Gasteiger partial charge is 0.496 e. The first-order chi connectivity index (χ1) is 15.8. The van der Waals surface area contributed by atoms with E-state index in [9.17, 15) is 18.0 Å². The summed E-state index contributed by atoms with van der Waals surface area (Å²) in [7, 11) is 3.70. The highest BCUT2D eigenvalue weighted by atomic mass is 35.5. The minimum absolute atomic E-state index is 0.0216. The van der Waals surface area contributed by atoms with Crippen LogP contribution in [0.3, 0.4) is 0 Å². The van der Waals surface area contributed by atoms with E-state index in [-0.39, 0.29) is 38.9 Å². The molecule has 12 heteroatoms. The fraction of sp³-hybridized carbons (Fsp3) is 0.316. The van der Waals surface area contributed by atoms with Gasteiger partial charge >= 0.3 is 6.18 Å². The number of aromatic nitrogens is 3. The molecule has 0 fully saturated rings. The summed E-state index contributed by atoms with van der Waals surface area (Å²) >= 11 is 5.95. The Kier molecular flexibility index (Phi) is 5.18. The highest BCUT2D eigenvalue weighted by Gasteiger charge is 2.43. The van der Waals surface area contributed by atoms with Crippen molar-refractivity contribution >= 4 is 39.9 Å². The van der Waals surface area contributed by atoms with Crippen LogP contribution in [-0.2, 0) is 11.8 Å². The molecule has 0 aliphatic heterocycles. The van der Waals surface area contributed by atoms with Crippen LogP contribution in [0.15, 0.2) is 24.4 Å². The minimum atomic E-state index is -4.72. The number of fused-ring (bicyclic) bond motifs is 1. The van der Waals surface area contributed by atoms with Crippen LogP contribution in [0.2, 0.25) is 5.15 Å². The van der Waals surface area contributed by atoms with Crippen molar-refractivity contribution in [2.75, 3.05) is 26.5 Å². The van der Waals surface area contributed by atoms with Gasteiger partial charge < -0.3 is 20.1 Å². The Morgan fingerprint density at radius 1 is 1.35 bits per heavy atom. The van der Waals surface area contributed by atoms with Crippen molar-refractivity contribution in [1.82, 2.24) is 20.1 Å². The molecule has 0 aliphatic carbocycles. The Labute approximate surface area is 184 Å². The second-order valence-electron chi connectivity index (χ2n) is 6.34. The molecule has 3 rings (SSSR count). The number of hydrogen-bond acceptors (Lipinski definition) is 6. The molecular weight excluding hydrogens is 439 g/mol. The number of ether oxygens (including phenoxy) is 2. The molecule has 2 N–H and O–H groups in total. The molecule has 0 saturated carbocycles. The summed E-state index contributed by atoms with van der Waals surface area (Å²) in [4.78, 5) is 16.3. The van der Waals surface area contributed by atoms with Gasteiger partial charge in [0.15, 0.2) is 11.9 Å². The number of methoxy groups -OCH3 is 2. The van der Waals surface area contributed by atoms with Crippen LogP contribution in [0.1, 0.15) is 26.1 Å². The predicted molar refractivity (Wildman–Crippen MR) is 109 cm³/mol. The van der Waals surface area contributed by atoms with Gasteiger partial charge in [-0.15, -0.1) is 0 Å². The van der Waals surface area contributed by atoms with Crippen molar-refractivity contribution in [3.8, 4) is 5.75 Å². The zero-order valence-electron chi connectivity index (χ0n) is 19.5. The monoisotopic (exact) mass is 460 g/mol. The lowest BCUT2D eigenvalue weighted by molar-refractivity contribution is -0.216. The van der Waals surface area contributed by atoms with E-state index >= 15 is 0 Å². The first-order valence-corrected chi connectivity index (χ1v) is 9.02. The Bertz CT molecular complexity index is 1230. The molecule has 0 radical (unpaired) electrons. The maximum atomic E-state index is 13.6. The van der Waals surface area contributed by atoms with E-state index < -0.39 is 25.2 Å². The van der Waals surface area contributed by atoms with E-state index in [0.29, 0.717) is 5.52 Å². The molecule has 0 bridgehead atoms. The number of alkyl halides is 3. The van der Waals surface area contributed by atoms with E-state index in [2.05, 4.69) is 20.1 Å². The van der Waals surface area contributed by atoms with E-state index in [1.54, 1.807) is 7.05 Å². The standard InChI is InChI=1S/C19H19ClF3N5O3/c1-24-18(29)10-8-25-13(20)7-11(10)26-17-14-12(28(2)27-17)6-5-9(15(14)30-3)16(31-4)19(21,22)23/h5-8,16H,1-4H3,(H,24,29)(H,25,26,27)/t16-/m0/s1/i1D3. The van der Waals surface area contributed by atoms with E-state index in [1.165, 1.54) is 30.0 Å². The Morgan fingerprint density at radius 3 is 2.71 bits per heavy atom. The summed E-state index contributed by atoms with van der Waals surface area (Å²) in [5.74, 6) is -1.10. The van der Waals surface area contributed by atoms with Gasteiger partial charge in [0.05, 0.1) is 29.3 Å². The van der Waals surface area contributed by atoms with E-state index in [4.69, 9.17) is 20.5 Å². The number of pyridine rings is 1. The van der Waals surface area contributed by atoms with Crippen molar-refractivity contribution < 1.29 is 31.6 Å². The molecule has 2 aromatic heterocycles. The predicted octanol–water partition coefficient (Wildman–Crippen LogP) is 3.98. The summed E-state index contributed by atoms with van der Waals surface area (Å²) < 4.78 is 73.8. The van der Waals surface area contributed by atoms with Crippen molar-refractivity contribution in [2.45, 2.75) is 12.3 Å². The molecule has 0 aliphatic rings. The normalized spacial score (nSPS) is 14.5. The molecule has 1 atom stereocenters. The van der Waals surface area contributed by atoms with Gasteiger partial charge in [-0.2, -0.15) is 18.3 Å². The minimum Gasteiger partial charge on any atom is -0.496 e. The van der Waals surface area contributed by atoms with Gasteiger partial charge in [0.25, 0.3) is 5.91 Å². The maximum absolute atomic E-state index is 13.6. The number of carbonyl (C=O) groups excluding carboxylic acids is 1. The van der Waals surface area contributed by atoms with Gasteiger partial charge in [0.2, 0.25) is 0 Å². The topological polar surface area (TPSA) is 90.3 Å². The lowest BCUT2D eigenvalue weighted by Crippen LogP contribution is -2.23. The highest BCUT2D eigenvalue weighted by Crippen LogP contribution is 2.44. The average molecular weight is 461 g/mol. The molecule has 31 heavy (non-hydrogen) atoms. The fourth-order valence-corrected chi connectivity index (χ4v) is 3.36. The number of rotatable bonds is 6. The number of hydrogen-bond donors (Lipinski definition) is 2. The zero-order valence-corrected chi connectivity index (χ0v) is 17.2. The lowest BCUT2D eigenvalue weighted by Gasteiger charge is -2.22. The number of anilines is 2. The molecule has 0 saturated heterocycles. The number of halogens is 4. The lowest BCUT2D eigenvalue weighted by atomic mass is 10.0. The Hall–Kier alpha value is -3.05. The summed E-state index contributed by atoms with van der Waals surface area (Å²) in [6, 6.07) is 3.90. The number of carbonyl (C=O) groups is 1. The number of benzene rings is 1. The van der Waals surface area contributed by atoms with Crippen LogP contribution >= 0.6 is 11.6 Å². The van der Waals surface area contributed by atoms with Gasteiger partial charge in [0, 0.05) is 37.0 Å². The first-order valence-electron chi connectivity index (χ1n) is 10.1. The third-order valence-corrected chi connectivity index (χ3v) is 4.71. The van der Waals surface area contributed by atoms with E-state index in [1.807, 2.05) is 5.32 Å². The van der Waals surface area contributed by atoms with Gasteiger partial charge in [0.1, 0.15) is 10.9 Å². The molecule has 1 aromatic carbocycles. The van der Waals surface area contributed by atoms with Gasteiger partial charge in [-0.1, -0.05) is 17.7 Å². The summed E-state index contributed by atoms with van der Waals surface area (Å²) in [5, 5.41) is 9.10. The first kappa shape index (κ1) is 18.7. The molecule has 1 amide bonds. The molecular formula is C19H19ClF3N5O3. The fourth-order valence-electron chi connectivity index (χ4n) is 3.20. The highest BCUT2D eigenvalue weighted by molar-refractivity contribution is 6.29. The molecule has 8 nitrogen and oxygen atoms in total. The second kappa shape index (κ2) is 8.60. The molecule has 0 unspecified atom stereocenters. The zero-order chi connectivity index (χ0) is 25.4. The number of amides is 1. The molecule has 3 aromatic rings. The third kappa shape index (κ3) is 4.23. The van der Waals surface area contributed by atoms with Crippen molar-refractivity contribution in [2.24, 2.45) is 7.05 Å². The summed E-state index contributed by atoms with van der Waals surface area (Å²) in [5.41, 5.74) is -0.0317. The van der Waals surface area contributed by atoms with Crippen LogP contribution < -0.4 is 15.4 Å². The van der Waals surface area contributed by atoms with Crippen LogP contribution in [0, 0.1) is 0 Å². The van der Waals surface area contributed by atoms with Crippen molar-refractivity contribution in [1.29, 1.82) is 0 Å². The smallest absolute Gasteiger partial charge is 0.418 e. The van der Waals surface area contributed by atoms with Gasteiger partial charge in [-0.05, 0) is 12.1 Å². The number of nitrogens with one attached hydrogen (secondary N) is 2. The van der Waals surface area contributed by atoms with E-state index in [0.717, 1.165) is 13.3 Å². The van der Waals surface area contributed by atoms with Gasteiger partial charge in [-0.3, -0.25) is 9.48 Å². The third-order valence-electron chi connectivity index (χ3n) is 4.50. The van der Waals surface area contributed by atoms with Crippen LogP contribution in [-0.4, -0.2) is 48.0 Å². The summed E-state index contributed by atoms with van der Waals surface area (Å²) in [6.07, 6.45) is -5.93. The van der Waals surface area contributed by atoms with Crippen molar-refractivity contribution in [3.63, 3.8) is 0 Å². The molecule has 166 valence electrons. The SMILES string of the molecule is [2H]C([2H])([2H])NC(=O)c1cnc(Cl)cc1Nc1nn(C)c2ccc([C@H](OC)C(F)(F)F)c(OC)c12. The van der Waals surface area contributed by atoms with Crippen LogP contribution in [0.25, 0.3) is 10.9 Å². The maximum Gasteiger partial charge on any atom is 0.418 e. The molecule has 0 spiro atoms.